The molecule has 2 aromatic rings. The van der Waals surface area contributed by atoms with Crippen LogP contribution in [0.5, 0.6) is 0 Å². The van der Waals surface area contributed by atoms with Gasteiger partial charge in [0.15, 0.2) is 5.82 Å². The van der Waals surface area contributed by atoms with E-state index in [0.717, 1.165) is 42.7 Å². The van der Waals surface area contributed by atoms with E-state index in [4.69, 9.17) is 26.3 Å². The Bertz CT molecular complexity index is 675. The molecule has 0 N–H and O–H groups in total. The molecule has 0 spiro atoms. The number of anilines is 1. The summed E-state index contributed by atoms with van der Waals surface area (Å²) < 4.78 is 5.44. The summed E-state index contributed by atoms with van der Waals surface area (Å²) in [6, 6.07) is 9.78. The number of thioether (sulfide) groups is 1. The molecule has 1 fully saturated rings. The van der Waals surface area contributed by atoms with Gasteiger partial charge in [0.05, 0.1) is 18.2 Å². The molecule has 0 bridgehead atoms. The van der Waals surface area contributed by atoms with Crippen molar-refractivity contribution >= 4 is 29.2 Å². The Kier molecular flexibility index (Phi) is 5.41. The Balaban J connectivity index is 2.02. The van der Waals surface area contributed by atoms with Crippen LogP contribution < -0.4 is 4.90 Å². The van der Waals surface area contributed by atoms with E-state index in [-0.39, 0.29) is 0 Å². The molecule has 3 rings (SSSR count). The van der Waals surface area contributed by atoms with E-state index in [2.05, 4.69) is 24.8 Å². The van der Waals surface area contributed by atoms with Crippen molar-refractivity contribution in [2.75, 3.05) is 31.2 Å². The molecule has 1 aliphatic rings. The SMILES string of the molecule is CC(C)Sc1cc(N2CCOCC2)nc(-c2ccccc2Cl)n1. The Morgan fingerprint density at radius 1 is 1.17 bits per heavy atom. The third-order valence-corrected chi connectivity index (χ3v) is 4.75. The number of nitrogens with zero attached hydrogens (tertiary/aromatic N) is 3. The zero-order chi connectivity index (χ0) is 16.2. The first-order valence-electron chi connectivity index (χ1n) is 7.77. The summed E-state index contributed by atoms with van der Waals surface area (Å²) in [5.74, 6) is 1.63. The van der Waals surface area contributed by atoms with Gasteiger partial charge in [-0.3, -0.25) is 0 Å². The fourth-order valence-electron chi connectivity index (χ4n) is 2.43. The van der Waals surface area contributed by atoms with Crippen LogP contribution in [0.15, 0.2) is 35.4 Å². The van der Waals surface area contributed by atoms with Gasteiger partial charge in [0, 0.05) is 30.0 Å². The number of aromatic nitrogens is 2. The molecule has 0 saturated carbocycles. The highest BCUT2D eigenvalue weighted by molar-refractivity contribution is 7.99. The molecule has 0 amide bonds. The number of hydrogen-bond acceptors (Lipinski definition) is 5. The number of hydrogen-bond donors (Lipinski definition) is 0. The summed E-state index contributed by atoms with van der Waals surface area (Å²) in [6.07, 6.45) is 0. The highest BCUT2D eigenvalue weighted by atomic mass is 35.5. The van der Waals surface area contributed by atoms with Gasteiger partial charge in [0.2, 0.25) is 0 Å². The van der Waals surface area contributed by atoms with Gasteiger partial charge in [-0.25, -0.2) is 9.97 Å². The maximum Gasteiger partial charge on any atom is 0.164 e. The number of halogens is 1. The first-order chi connectivity index (χ1) is 11.1. The average Bonchev–Trinajstić information content (AvgIpc) is 2.55. The molecule has 1 aromatic heterocycles. The second-order valence-electron chi connectivity index (χ2n) is 5.63. The lowest BCUT2D eigenvalue weighted by Crippen LogP contribution is -2.36. The lowest BCUT2D eigenvalue weighted by molar-refractivity contribution is 0.122. The molecule has 0 radical (unpaired) electrons. The maximum absolute atomic E-state index is 6.33. The molecule has 1 aliphatic heterocycles. The summed E-state index contributed by atoms with van der Waals surface area (Å²) in [6.45, 7) is 7.50. The minimum absolute atomic E-state index is 0.460. The van der Waals surface area contributed by atoms with Gasteiger partial charge in [0.25, 0.3) is 0 Å². The Morgan fingerprint density at radius 2 is 1.91 bits per heavy atom. The van der Waals surface area contributed by atoms with Gasteiger partial charge in [0.1, 0.15) is 10.8 Å². The summed E-state index contributed by atoms with van der Waals surface area (Å²) in [5.41, 5.74) is 0.870. The molecule has 1 aromatic carbocycles. The molecular formula is C17H20ClN3OS. The van der Waals surface area contributed by atoms with Crippen LogP contribution in [0, 0.1) is 0 Å². The van der Waals surface area contributed by atoms with Crippen LogP contribution in [0.25, 0.3) is 11.4 Å². The third-order valence-electron chi connectivity index (χ3n) is 3.50. The van der Waals surface area contributed by atoms with E-state index in [9.17, 15) is 0 Å². The van der Waals surface area contributed by atoms with Crippen LogP contribution in [-0.2, 0) is 4.74 Å². The van der Waals surface area contributed by atoms with Crippen LogP contribution in [0.2, 0.25) is 5.02 Å². The predicted molar refractivity (Wildman–Crippen MR) is 96.5 cm³/mol. The van der Waals surface area contributed by atoms with Gasteiger partial charge in [-0.15, -0.1) is 11.8 Å². The number of rotatable bonds is 4. The lowest BCUT2D eigenvalue weighted by atomic mass is 10.2. The highest BCUT2D eigenvalue weighted by Gasteiger charge is 2.17. The molecule has 2 heterocycles. The van der Waals surface area contributed by atoms with E-state index in [1.165, 1.54) is 0 Å². The van der Waals surface area contributed by atoms with Crippen molar-refractivity contribution in [3.63, 3.8) is 0 Å². The standard InChI is InChI=1S/C17H20ClN3OS/c1-12(2)23-16-11-15(21-7-9-22-10-8-21)19-17(20-16)13-5-3-4-6-14(13)18/h3-6,11-12H,7-10H2,1-2H3. The van der Waals surface area contributed by atoms with E-state index in [0.29, 0.717) is 16.1 Å². The number of ether oxygens (including phenoxy) is 1. The quantitative estimate of drug-likeness (QED) is 0.612. The molecule has 4 nitrogen and oxygen atoms in total. The molecule has 0 unspecified atom stereocenters. The fourth-order valence-corrected chi connectivity index (χ4v) is 3.45. The first-order valence-corrected chi connectivity index (χ1v) is 9.02. The smallest absolute Gasteiger partial charge is 0.164 e. The average molecular weight is 350 g/mol. The highest BCUT2D eigenvalue weighted by Crippen LogP contribution is 2.31. The minimum atomic E-state index is 0.460. The normalized spacial score (nSPS) is 15.2. The molecule has 23 heavy (non-hydrogen) atoms. The maximum atomic E-state index is 6.33. The number of morpholine rings is 1. The molecular weight excluding hydrogens is 330 g/mol. The van der Waals surface area contributed by atoms with Gasteiger partial charge in [-0.1, -0.05) is 37.6 Å². The fraction of sp³-hybridized carbons (Fsp3) is 0.412. The van der Waals surface area contributed by atoms with Crippen molar-refractivity contribution in [3.8, 4) is 11.4 Å². The predicted octanol–water partition coefficient (Wildman–Crippen LogP) is 4.13. The second kappa shape index (κ2) is 7.51. The van der Waals surface area contributed by atoms with E-state index in [1.807, 2.05) is 24.3 Å². The van der Waals surface area contributed by atoms with Crippen LogP contribution in [-0.4, -0.2) is 41.5 Å². The lowest BCUT2D eigenvalue weighted by Gasteiger charge is -2.28. The molecule has 6 heteroatoms. The van der Waals surface area contributed by atoms with Crippen LogP contribution in [0.4, 0.5) is 5.82 Å². The second-order valence-corrected chi connectivity index (χ2v) is 7.64. The Hall–Kier alpha value is -1.30. The monoisotopic (exact) mass is 349 g/mol. The molecule has 122 valence electrons. The molecule has 1 saturated heterocycles. The topological polar surface area (TPSA) is 38.2 Å². The van der Waals surface area contributed by atoms with Crippen molar-refractivity contribution in [1.82, 2.24) is 9.97 Å². The Morgan fingerprint density at radius 3 is 2.61 bits per heavy atom. The largest absolute Gasteiger partial charge is 0.378 e. The molecule has 0 aliphatic carbocycles. The summed E-state index contributed by atoms with van der Waals surface area (Å²) >= 11 is 8.07. The van der Waals surface area contributed by atoms with Crippen LogP contribution in [0.1, 0.15) is 13.8 Å². The van der Waals surface area contributed by atoms with E-state index in [1.54, 1.807) is 11.8 Å². The van der Waals surface area contributed by atoms with Crippen molar-refractivity contribution in [2.45, 2.75) is 24.1 Å². The van der Waals surface area contributed by atoms with Gasteiger partial charge < -0.3 is 9.64 Å². The van der Waals surface area contributed by atoms with Crippen LogP contribution in [0.3, 0.4) is 0 Å². The van der Waals surface area contributed by atoms with Gasteiger partial charge in [-0.05, 0) is 12.1 Å². The van der Waals surface area contributed by atoms with Crippen molar-refractivity contribution in [2.24, 2.45) is 0 Å². The van der Waals surface area contributed by atoms with Gasteiger partial charge in [-0.2, -0.15) is 0 Å². The first kappa shape index (κ1) is 16.6. The minimum Gasteiger partial charge on any atom is -0.378 e. The third kappa shape index (κ3) is 4.16. The number of benzene rings is 1. The van der Waals surface area contributed by atoms with Gasteiger partial charge >= 0.3 is 0 Å². The van der Waals surface area contributed by atoms with Crippen molar-refractivity contribution in [3.05, 3.63) is 35.4 Å². The summed E-state index contributed by atoms with van der Waals surface area (Å²) in [7, 11) is 0. The van der Waals surface area contributed by atoms with E-state index >= 15 is 0 Å². The van der Waals surface area contributed by atoms with Crippen LogP contribution >= 0.6 is 23.4 Å². The van der Waals surface area contributed by atoms with E-state index < -0.39 is 0 Å². The van der Waals surface area contributed by atoms with Crippen molar-refractivity contribution in [1.29, 1.82) is 0 Å². The molecule has 0 atom stereocenters. The summed E-state index contributed by atoms with van der Waals surface area (Å²) in [4.78, 5) is 11.7. The zero-order valence-electron chi connectivity index (χ0n) is 13.3. The zero-order valence-corrected chi connectivity index (χ0v) is 14.9. The van der Waals surface area contributed by atoms with Crippen molar-refractivity contribution < 1.29 is 4.74 Å². The Labute approximate surface area is 146 Å². The summed E-state index contributed by atoms with van der Waals surface area (Å²) in [5, 5.41) is 2.11.